The van der Waals surface area contributed by atoms with Crippen molar-refractivity contribution in [1.82, 2.24) is 4.57 Å². The Morgan fingerprint density at radius 2 is 2.04 bits per heavy atom. The lowest BCUT2D eigenvalue weighted by Gasteiger charge is -2.04. The largest absolute Gasteiger partial charge is 0.304 e. The Hall–Kier alpha value is -2.90. The van der Waals surface area contributed by atoms with E-state index in [0.29, 0.717) is 11.3 Å². The van der Waals surface area contributed by atoms with Crippen molar-refractivity contribution in [3.8, 4) is 12.3 Å². The number of hydrogen-bond acceptors (Lipinski definition) is 2. The van der Waals surface area contributed by atoms with Gasteiger partial charge in [-0.3, -0.25) is 4.79 Å². The van der Waals surface area contributed by atoms with Crippen LogP contribution in [0.1, 0.15) is 16.7 Å². The monoisotopic (exact) mass is 346 g/mol. The number of nitrogens with zero attached hydrogens (tertiary/aromatic N) is 2. The normalized spacial score (nSPS) is 12.0. The molecule has 0 radical (unpaired) electrons. The van der Waals surface area contributed by atoms with Crippen LogP contribution in [0.2, 0.25) is 0 Å². The number of terminal acetylenes is 1. The summed E-state index contributed by atoms with van der Waals surface area (Å²) in [4.78, 5) is 17.1. The predicted octanol–water partition coefficient (Wildman–Crippen LogP) is 4.09. The fourth-order valence-corrected chi connectivity index (χ4v) is 3.99. The first-order chi connectivity index (χ1) is 12.1. The molecule has 1 heterocycles. The molecule has 0 aliphatic carbocycles. The summed E-state index contributed by atoms with van der Waals surface area (Å²) in [5.41, 5.74) is 4.33. The van der Waals surface area contributed by atoms with E-state index in [1.807, 2.05) is 34.9 Å². The third kappa shape index (κ3) is 3.78. The zero-order chi connectivity index (χ0) is 17.8. The van der Waals surface area contributed by atoms with Crippen molar-refractivity contribution in [2.75, 3.05) is 0 Å². The maximum absolute atomic E-state index is 12.3. The van der Waals surface area contributed by atoms with Crippen LogP contribution in [0.3, 0.4) is 0 Å². The Bertz CT molecular complexity index is 1060. The van der Waals surface area contributed by atoms with Crippen LogP contribution in [0.5, 0.6) is 0 Å². The maximum atomic E-state index is 12.3. The first kappa shape index (κ1) is 16.9. The average Bonchev–Trinajstić information content (AvgIpc) is 2.91. The molecule has 1 aromatic heterocycles. The smallest absolute Gasteiger partial charge is 0.272 e. The number of benzene rings is 2. The summed E-state index contributed by atoms with van der Waals surface area (Å²) in [6, 6.07) is 13.9. The molecule has 0 bridgehead atoms. The van der Waals surface area contributed by atoms with Gasteiger partial charge in [0.1, 0.15) is 0 Å². The highest BCUT2D eigenvalue weighted by Gasteiger charge is 2.09. The standard InChI is InChI=1S/C21H18N2OS/c1-4-12-23-20-16(3)13-15(2)14-18(20)25-21(23)22-19(24)11-10-17-8-6-5-7-9-17/h1,5-11,13-14H,12H2,2-3H3/b11-10+,22-21?. The minimum absolute atomic E-state index is 0.296. The van der Waals surface area contributed by atoms with Crippen molar-refractivity contribution in [2.45, 2.75) is 20.4 Å². The molecule has 4 heteroatoms. The summed E-state index contributed by atoms with van der Waals surface area (Å²) in [6.45, 7) is 4.50. The van der Waals surface area contributed by atoms with E-state index in [0.717, 1.165) is 21.3 Å². The molecule has 3 rings (SSSR count). The second kappa shape index (κ2) is 7.33. The zero-order valence-corrected chi connectivity index (χ0v) is 15.0. The first-order valence-corrected chi connectivity index (χ1v) is 8.76. The van der Waals surface area contributed by atoms with Crippen LogP contribution in [0, 0.1) is 26.2 Å². The molecule has 2 aromatic carbocycles. The van der Waals surface area contributed by atoms with Gasteiger partial charge in [-0.05, 0) is 42.7 Å². The molecule has 0 spiro atoms. The van der Waals surface area contributed by atoms with Gasteiger partial charge in [0, 0.05) is 6.08 Å². The van der Waals surface area contributed by atoms with E-state index in [-0.39, 0.29) is 5.91 Å². The van der Waals surface area contributed by atoms with Gasteiger partial charge in [0.25, 0.3) is 5.91 Å². The summed E-state index contributed by atoms with van der Waals surface area (Å²) in [7, 11) is 0. The number of carbonyl (C=O) groups excluding carboxylic acids is 1. The van der Waals surface area contributed by atoms with Crippen molar-refractivity contribution in [3.05, 3.63) is 70.0 Å². The van der Waals surface area contributed by atoms with E-state index < -0.39 is 0 Å². The van der Waals surface area contributed by atoms with Crippen LogP contribution >= 0.6 is 11.3 Å². The summed E-state index contributed by atoms with van der Waals surface area (Å²) in [5.74, 6) is 2.36. The van der Waals surface area contributed by atoms with E-state index >= 15 is 0 Å². The van der Waals surface area contributed by atoms with Gasteiger partial charge in [-0.1, -0.05) is 53.7 Å². The minimum Gasteiger partial charge on any atom is -0.304 e. The molecule has 25 heavy (non-hydrogen) atoms. The van der Waals surface area contributed by atoms with Crippen LogP contribution in [0.15, 0.2) is 53.5 Å². The van der Waals surface area contributed by atoms with E-state index in [9.17, 15) is 4.79 Å². The molecule has 0 unspecified atom stereocenters. The van der Waals surface area contributed by atoms with Crippen LogP contribution < -0.4 is 4.80 Å². The number of aryl methyl sites for hydroxylation is 2. The summed E-state index contributed by atoms with van der Waals surface area (Å²) in [5, 5.41) is 0. The molecule has 0 aliphatic rings. The van der Waals surface area contributed by atoms with Gasteiger partial charge in [0.15, 0.2) is 4.80 Å². The van der Waals surface area contributed by atoms with Crippen molar-refractivity contribution < 1.29 is 4.79 Å². The molecule has 3 nitrogen and oxygen atoms in total. The molecule has 0 atom stereocenters. The van der Waals surface area contributed by atoms with Gasteiger partial charge in [-0.2, -0.15) is 4.99 Å². The number of carbonyl (C=O) groups is 1. The van der Waals surface area contributed by atoms with Crippen molar-refractivity contribution in [3.63, 3.8) is 0 Å². The fraction of sp³-hybridized carbons (Fsp3) is 0.143. The molecule has 0 saturated carbocycles. The molecule has 3 aromatic rings. The van der Waals surface area contributed by atoms with Gasteiger partial charge in [-0.25, -0.2) is 0 Å². The molecule has 124 valence electrons. The summed E-state index contributed by atoms with van der Waals surface area (Å²) in [6.07, 6.45) is 8.77. The lowest BCUT2D eigenvalue weighted by atomic mass is 10.1. The summed E-state index contributed by atoms with van der Waals surface area (Å²) >= 11 is 1.49. The van der Waals surface area contributed by atoms with Gasteiger partial charge < -0.3 is 4.57 Å². The molecular weight excluding hydrogens is 328 g/mol. The molecule has 0 N–H and O–H groups in total. The lowest BCUT2D eigenvalue weighted by molar-refractivity contribution is -0.113. The van der Waals surface area contributed by atoms with Crippen LogP contribution in [0.4, 0.5) is 0 Å². The minimum atomic E-state index is -0.296. The number of thiazole rings is 1. The Labute approximate surface area is 151 Å². The van der Waals surface area contributed by atoms with Crippen LogP contribution in [-0.2, 0) is 11.3 Å². The SMILES string of the molecule is C#CCn1c(=NC(=O)/C=C/c2ccccc2)sc2cc(C)cc(C)c21. The third-order valence-corrected chi connectivity index (χ3v) is 4.81. The Kier molecular flexibility index (Phi) is 4.97. The molecule has 0 saturated heterocycles. The first-order valence-electron chi connectivity index (χ1n) is 7.94. The van der Waals surface area contributed by atoms with Crippen molar-refractivity contribution in [2.24, 2.45) is 4.99 Å². The Morgan fingerprint density at radius 3 is 2.76 bits per heavy atom. The zero-order valence-electron chi connectivity index (χ0n) is 14.2. The number of aromatic nitrogens is 1. The molecular formula is C21H18N2OS. The van der Waals surface area contributed by atoms with Crippen LogP contribution in [0.25, 0.3) is 16.3 Å². The topological polar surface area (TPSA) is 34.4 Å². The van der Waals surface area contributed by atoms with E-state index in [2.05, 4.69) is 36.9 Å². The van der Waals surface area contributed by atoms with Gasteiger partial charge in [0.2, 0.25) is 0 Å². The van der Waals surface area contributed by atoms with Gasteiger partial charge >= 0.3 is 0 Å². The van der Waals surface area contributed by atoms with E-state index in [1.54, 1.807) is 6.08 Å². The Balaban J connectivity index is 2.05. The number of rotatable bonds is 3. The lowest BCUT2D eigenvalue weighted by Crippen LogP contribution is -2.16. The molecule has 0 aliphatic heterocycles. The fourth-order valence-electron chi connectivity index (χ4n) is 2.78. The average molecular weight is 346 g/mol. The van der Waals surface area contributed by atoms with E-state index in [1.165, 1.54) is 23.0 Å². The second-order valence-corrected chi connectivity index (χ2v) is 6.81. The van der Waals surface area contributed by atoms with Crippen molar-refractivity contribution in [1.29, 1.82) is 0 Å². The van der Waals surface area contributed by atoms with Gasteiger partial charge in [-0.15, -0.1) is 6.42 Å². The summed E-state index contributed by atoms with van der Waals surface area (Å²) < 4.78 is 3.02. The van der Waals surface area contributed by atoms with Gasteiger partial charge in [0.05, 0.1) is 16.8 Å². The van der Waals surface area contributed by atoms with Crippen molar-refractivity contribution >= 4 is 33.5 Å². The quantitative estimate of drug-likeness (QED) is 0.519. The number of hydrogen-bond donors (Lipinski definition) is 0. The highest BCUT2D eigenvalue weighted by atomic mass is 32.1. The molecule has 0 fully saturated rings. The highest BCUT2D eigenvalue weighted by molar-refractivity contribution is 7.16. The van der Waals surface area contributed by atoms with Crippen LogP contribution in [-0.4, -0.2) is 10.5 Å². The predicted molar refractivity (Wildman–Crippen MR) is 104 cm³/mol. The molecule has 1 amide bonds. The second-order valence-electron chi connectivity index (χ2n) is 5.80. The third-order valence-electron chi connectivity index (χ3n) is 3.79. The van der Waals surface area contributed by atoms with E-state index in [4.69, 9.17) is 6.42 Å². The number of fused-ring (bicyclic) bond motifs is 1. The highest BCUT2D eigenvalue weighted by Crippen LogP contribution is 2.23. The number of amides is 1. The maximum Gasteiger partial charge on any atom is 0.272 e. The Morgan fingerprint density at radius 1 is 1.28 bits per heavy atom.